The number of methoxy groups -OCH3 is 3. The van der Waals surface area contributed by atoms with Crippen LogP contribution in [-0.2, 0) is 11.2 Å². The number of hydrogen-bond acceptors (Lipinski definition) is 6. The summed E-state index contributed by atoms with van der Waals surface area (Å²) in [6, 6.07) is 7.04. The zero-order valence-corrected chi connectivity index (χ0v) is 14.9. The molecular formula is C18H19N3O5. The first-order chi connectivity index (χ1) is 12.5. The fourth-order valence-corrected chi connectivity index (χ4v) is 2.92. The van der Waals surface area contributed by atoms with Crippen molar-refractivity contribution in [3.8, 4) is 23.5 Å². The lowest BCUT2D eigenvalue weighted by molar-refractivity contribution is -0.136. The van der Waals surface area contributed by atoms with Gasteiger partial charge >= 0.3 is 5.97 Å². The fraction of sp³-hybridized carbons (Fsp3) is 0.278. The number of carboxylic acids is 1. The molecule has 0 fully saturated rings. The van der Waals surface area contributed by atoms with Crippen molar-refractivity contribution in [3.63, 3.8) is 0 Å². The van der Waals surface area contributed by atoms with E-state index >= 15 is 0 Å². The van der Waals surface area contributed by atoms with Crippen molar-refractivity contribution in [1.29, 1.82) is 0 Å². The van der Waals surface area contributed by atoms with E-state index in [0.29, 0.717) is 29.0 Å². The minimum Gasteiger partial charge on any atom is -0.497 e. The van der Waals surface area contributed by atoms with Crippen LogP contribution in [0.2, 0.25) is 0 Å². The van der Waals surface area contributed by atoms with Gasteiger partial charge in [-0.3, -0.25) is 9.36 Å². The van der Waals surface area contributed by atoms with Gasteiger partial charge in [-0.1, -0.05) is 0 Å². The average molecular weight is 357 g/mol. The Kier molecular flexibility index (Phi) is 4.66. The van der Waals surface area contributed by atoms with E-state index in [9.17, 15) is 9.90 Å². The molecule has 0 atom stereocenters. The molecule has 0 unspecified atom stereocenters. The van der Waals surface area contributed by atoms with E-state index in [0.717, 1.165) is 16.6 Å². The number of hydrogen-bond donors (Lipinski definition) is 1. The summed E-state index contributed by atoms with van der Waals surface area (Å²) < 4.78 is 17.5. The Morgan fingerprint density at radius 2 is 1.73 bits per heavy atom. The summed E-state index contributed by atoms with van der Waals surface area (Å²) in [5, 5.41) is 10.1. The SMILES string of the molecule is COc1ccc2c(c1)c(CC(=O)O)c(C)n2-c1nc(OC)cc(OC)n1. The molecule has 0 spiro atoms. The molecule has 136 valence electrons. The van der Waals surface area contributed by atoms with Crippen LogP contribution in [0.1, 0.15) is 11.3 Å². The molecule has 8 nitrogen and oxygen atoms in total. The number of nitrogens with zero attached hydrogens (tertiary/aromatic N) is 3. The van der Waals surface area contributed by atoms with Crippen molar-refractivity contribution < 1.29 is 24.1 Å². The molecule has 1 aromatic carbocycles. The third-order valence-corrected chi connectivity index (χ3v) is 4.16. The highest BCUT2D eigenvalue weighted by atomic mass is 16.5. The summed E-state index contributed by atoms with van der Waals surface area (Å²) in [5.74, 6) is 0.762. The second kappa shape index (κ2) is 6.91. The first-order valence-corrected chi connectivity index (χ1v) is 7.85. The van der Waals surface area contributed by atoms with E-state index in [-0.39, 0.29) is 6.42 Å². The lowest BCUT2D eigenvalue weighted by Gasteiger charge is -2.10. The molecule has 0 saturated heterocycles. The van der Waals surface area contributed by atoms with Crippen molar-refractivity contribution in [2.24, 2.45) is 0 Å². The standard InChI is InChI=1S/C18H19N3O5/c1-10-12(8-17(22)23)13-7-11(24-2)5-6-14(13)21(10)18-19-15(25-3)9-16(20-18)26-4/h5-7,9H,8H2,1-4H3,(H,22,23). The molecule has 0 saturated carbocycles. The third kappa shape index (κ3) is 3.01. The maximum Gasteiger partial charge on any atom is 0.307 e. The van der Waals surface area contributed by atoms with E-state index in [1.165, 1.54) is 14.2 Å². The molecule has 0 aliphatic heterocycles. The molecule has 0 bridgehead atoms. The number of carbonyl (C=O) groups is 1. The Bertz CT molecular complexity index is 958. The van der Waals surface area contributed by atoms with E-state index < -0.39 is 5.97 Å². The zero-order valence-electron chi connectivity index (χ0n) is 14.9. The Labute approximate surface area is 150 Å². The highest BCUT2D eigenvalue weighted by molar-refractivity contribution is 5.91. The maximum atomic E-state index is 11.4. The van der Waals surface area contributed by atoms with Gasteiger partial charge in [0.2, 0.25) is 17.7 Å². The monoisotopic (exact) mass is 357 g/mol. The van der Waals surface area contributed by atoms with E-state index in [1.807, 2.05) is 19.1 Å². The van der Waals surface area contributed by atoms with E-state index in [2.05, 4.69) is 9.97 Å². The van der Waals surface area contributed by atoms with Crippen molar-refractivity contribution in [2.75, 3.05) is 21.3 Å². The summed E-state index contributed by atoms with van der Waals surface area (Å²) in [4.78, 5) is 20.1. The van der Waals surface area contributed by atoms with Gasteiger partial charge in [-0.05, 0) is 30.7 Å². The van der Waals surface area contributed by atoms with Gasteiger partial charge in [0, 0.05) is 11.1 Å². The normalized spacial score (nSPS) is 10.8. The van der Waals surface area contributed by atoms with Crippen LogP contribution < -0.4 is 14.2 Å². The highest BCUT2D eigenvalue weighted by Crippen LogP contribution is 2.32. The molecule has 3 aromatic rings. The quantitative estimate of drug-likeness (QED) is 0.723. The topological polar surface area (TPSA) is 95.7 Å². The van der Waals surface area contributed by atoms with Crippen molar-refractivity contribution in [2.45, 2.75) is 13.3 Å². The Hall–Kier alpha value is -3.29. The van der Waals surface area contributed by atoms with Crippen LogP contribution in [0.3, 0.4) is 0 Å². The van der Waals surface area contributed by atoms with Gasteiger partial charge < -0.3 is 19.3 Å². The fourth-order valence-electron chi connectivity index (χ4n) is 2.92. The minimum absolute atomic E-state index is 0.121. The van der Waals surface area contributed by atoms with Gasteiger partial charge in [-0.2, -0.15) is 9.97 Å². The summed E-state index contributed by atoms with van der Waals surface area (Å²) in [6.07, 6.45) is -0.121. The molecule has 0 amide bonds. The molecule has 0 aliphatic carbocycles. The number of ether oxygens (including phenoxy) is 3. The molecule has 2 aromatic heterocycles. The molecule has 8 heteroatoms. The molecular weight excluding hydrogens is 338 g/mol. The molecule has 26 heavy (non-hydrogen) atoms. The molecule has 0 aliphatic rings. The number of aromatic nitrogens is 3. The number of fused-ring (bicyclic) bond motifs is 1. The summed E-state index contributed by atoms with van der Waals surface area (Å²) >= 11 is 0. The smallest absolute Gasteiger partial charge is 0.307 e. The van der Waals surface area contributed by atoms with Crippen LogP contribution in [-0.4, -0.2) is 46.9 Å². The average Bonchev–Trinajstić information content (AvgIpc) is 2.91. The second-order valence-electron chi connectivity index (χ2n) is 5.61. The molecule has 1 N–H and O–H groups in total. The van der Waals surface area contributed by atoms with Gasteiger partial charge in [0.1, 0.15) is 5.75 Å². The number of rotatable bonds is 6. The van der Waals surface area contributed by atoms with Crippen LogP contribution in [0.15, 0.2) is 24.3 Å². The molecule has 0 radical (unpaired) electrons. The lowest BCUT2D eigenvalue weighted by Crippen LogP contribution is -2.07. The summed E-state index contributed by atoms with van der Waals surface area (Å²) in [7, 11) is 4.58. The number of benzene rings is 1. The van der Waals surface area contributed by atoms with Gasteiger partial charge in [-0.15, -0.1) is 0 Å². The predicted octanol–water partition coefficient (Wildman–Crippen LogP) is 2.38. The summed E-state index contributed by atoms with van der Waals surface area (Å²) in [6.45, 7) is 1.83. The van der Waals surface area contributed by atoms with Crippen LogP contribution in [0.25, 0.3) is 16.9 Å². The predicted molar refractivity (Wildman–Crippen MR) is 94.6 cm³/mol. The Balaban J connectivity index is 2.32. The molecule has 3 rings (SSSR count). The van der Waals surface area contributed by atoms with Gasteiger partial charge in [0.25, 0.3) is 0 Å². The highest BCUT2D eigenvalue weighted by Gasteiger charge is 2.20. The van der Waals surface area contributed by atoms with E-state index in [4.69, 9.17) is 14.2 Å². The van der Waals surface area contributed by atoms with E-state index in [1.54, 1.807) is 23.8 Å². The minimum atomic E-state index is -0.917. The largest absolute Gasteiger partial charge is 0.497 e. The summed E-state index contributed by atoms with van der Waals surface area (Å²) in [5.41, 5.74) is 2.18. The number of carboxylic acid groups (broad SMARTS) is 1. The van der Waals surface area contributed by atoms with Crippen molar-refractivity contribution >= 4 is 16.9 Å². The van der Waals surface area contributed by atoms with Crippen LogP contribution in [0.4, 0.5) is 0 Å². The van der Waals surface area contributed by atoms with Gasteiger partial charge in [0.05, 0.1) is 39.3 Å². The van der Waals surface area contributed by atoms with Crippen LogP contribution in [0, 0.1) is 6.92 Å². The molecule has 2 heterocycles. The maximum absolute atomic E-state index is 11.4. The van der Waals surface area contributed by atoms with Crippen LogP contribution in [0.5, 0.6) is 17.5 Å². The van der Waals surface area contributed by atoms with Gasteiger partial charge in [0.15, 0.2) is 0 Å². The first kappa shape index (κ1) is 17.5. The first-order valence-electron chi connectivity index (χ1n) is 7.85. The van der Waals surface area contributed by atoms with Crippen molar-refractivity contribution in [3.05, 3.63) is 35.5 Å². The Morgan fingerprint density at radius 3 is 2.27 bits per heavy atom. The van der Waals surface area contributed by atoms with Crippen LogP contribution >= 0.6 is 0 Å². The number of aliphatic carboxylic acids is 1. The lowest BCUT2D eigenvalue weighted by atomic mass is 10.1. The second-order valence-corrected chi connectivity index (χ2v) is 5.61. The van der Waals surface area contributed by atoms with Gasteiger partial charge in [-0.25, -0.2) is 0 Å². The zero-order chi connectivity index (χ0) is 18.8. The Morgan fingerprint density at radius 1 is 1.08 bits per heavy atom. The van der Waals surface area contributed by atoms with Crippen molar-refractivity contribution in [1.82, 2.24) is 14.5 Å². The third-order valence-electron chi connectivity index (χ3n) is 4.16.